The number of amides is 1. The minimum absolute atomic E-state index is 0.0134. The number of aliphatic hydroxyl groups is 1. The predicted octanol–water partition coefficient (Wildman–Crippen LogP) is 0.248. The molecule has 92 valence electrons. The van der Waals surface area contributed by atoms with E-state index in [4.69, 9.17) is 10.2 Å². The molecule has 5 nitrogen and oxygen atoms in total. The van der Waals surface area contributed by atoms with Crippen LogP contribution in [0.1, 0.15) is 13.8 Å². The number of hydrogen-bond donors (Lipinski definition) is 3. The van der Waals surface area contributed by atoms with Crippen LogP contribution in [0.5, 0.6) is 0 Å². The fraction of sp³-hybridized carbons (Fsp3) is 0.600. The average Bonchev–Trinajstić information content (AvgIpc) is 2.15. The molecule has 0 saturated carbocycles. The van der Waals surface area contributed by atoms with Crippen LogP contribution in [0, 0.1) is 0 Å². The molecule has 0 bridgehead atoms. The highest BCUT2D eigenvalue weighted by Gasteiger charge is 2.17. The third-order valence-electron chi connectivity index (χ3n) is 1.73. The van der Waals surface area contributed by atoms with Gasteiger partial charge in [-0.1, -0.05) is 11.6 Å². The second-order valence-electron chi connectivity index (χ2n) is 3.34. The number of hydrogen-bond acceptors (Lipinski definition) is 4. The summed E-state index contributed by atoms with van der Waals surface area (Å²) in [5, 5.41) is 19.8. The Balaban J connectivity index is 3.99. The molecular formula is C10H17NO4S. The van der Waals surface area contributed by atoms with Gasteiger partial charge in [0, 0.05) is 18.4 Å². The Bertz CT molecular complexity index is 278. The number of carboxylic acid groups (broad SMARTS) is 1. The summed E-state index contributed by atoms with van der Waals surface area (Å²) in [4.78, 5) is 21.5. The van der Waals surface area contributed by atoms with Crippen molar-refractivity contribution in [1.29, 1.82) is 0 Å². The van der Waals surface area contributed by atoms with Crippen molar-refractivity contribution in [1.82, 2.24) is 5.32 Å². The third kappa shape index (κ3) is 7.30. The minimum atomic E-state index is -1.04. The first-order valence-electron chi connectivity index (χ1n) is 4.81. The Labute approximate surface area is 98.9 Å². The van der Waals surface area contributed by atoms with Gasteiger partial charge in [-0.15, -0.1) is 0 Å². The zero-order valence-electron chi connectivity index (χ0n) is 9.40. The van der Waals surface area contributed by atoms with Gasteiger partial charge in [-0.05, 0) is 6.92 Å². The molecule has 1 atom stereocenters. The largest absolute Gasteiger partial charge is 0.480 e. The maximum Gasteiger partial charge on any atom is 0.327 e. The SMILES string of the molecule is CC(=O)N[C@@H](CSCC(C)=CCO)C(=O)O. The molecule has 0 aliphatic heterocycles. The fourth-order valence-corrected chi connectivity index (χ4v) is 1.99. The fourth-order valence-electron chi connectivity index (χ4n) is 0.973. The Morgan fingerprint density at radius 1 is 1.44 bits per heavy atom. The molecule has 0 unspecified atom stereocenters. The summed E-state index contributed by atoms with van der Waals surface area (Å²) < 4.78 is 0. The maximum atomic E-state index is 10.8. The van der Waals surface area contributed by atoms with Gasteiger partial charge in [0.1, 0.15) is 6.04 Å². The number of carbonyl (C=O) groups excluding carboxylic acids is 1. The van der Waals surface area contributed by atoms with Gasteiger partial charge in [-0.2, -0.15) is 11.8 Å². The highest BCUT2D eigenvalue weighted by atomic mass is 32.2. The lowest BCUT2D eigenvalue weighted by Gasteiger charge is -2.12. The highest BCUT2D eigenvalue weighted by molar-refractivity contribution is 7.99. The first kappa shape index (κ1) is 15.0. The molecule has 0 heterocycles. The Hall–Kier alpha value is -1.01. The lowest BCUT2D eigenvalue weighted by molar-refractivity contribution is -0.140. The van der Waals surface area contributed by atoms with Gasteiger partial charge in [-0.25, -0.2) is 4.79 Å². The number of nitrogens with one attached hydrogen (secondary N) is 1. The number of carboxylic acids is 1. The highest BCUT2D eigenvalue weighted by Crippen LogP contribution is 2.09. The van der Waals surface area contributed by atoms with Crippen LogP contribution < -0.4 is 5.32 Å². The lowest BCUT2D eigenvalue weighted by atomic mass is 10.3. The number of aliphatic carboxylic acids is 1. The second-order valence-corrected chi connectivity index (χ2v) is 4.37. The van der Waals surface area contributed by atoms with Gasteiger partial charge >= 0.3 is 5.97 Å². The van der Waals surface area contributed by atoms with Crippen molar-refractivity contribution in [3.63, 3.8) is 0 Å². The number of carbonyl (C=O) groups is 2. The summed E-state index contributed by atoms with van der Waals surface area (Å²) in [6, 6.07) is -0.857. The van der Waals surface area contributed by atoms with E-state index in [1.165, 1.54) is 18.7 Å². The van der Waals surface area contributed by atoms with Gasteiger partial charge in [0.25, 0.3) is 0 Å². The summed E-state index contributed by atoms with van der Waals surface area (Å²) in [5.41, 5.74) is 0.986. The van der Waals surface area contributed by atoms with Crippen LogP contribution in [0.25, 0.3) is 0 Å². The van der Waals surface area contributed by atoms with Crippen LogP contribution >= 0.6 is 11.8 Å². The van der Waals surface area contributed by atoms with Crippen molar-refractivity contribution < 1.29 is 19.8 Å². The van der Waals surface area contributed by atoms with Gasteiger partial charge in [0.05, 0.1) is 6.61 Å². The van der Waals surface area contributed by atoms with Crippen LogP contribution in [0.15, 0.2) is 11.6 Å². The molecule has 0 aromatic heterocycles. The third-order valence-corrected chi connectivity index (χ3v) is 2.96. The summed E-state index contributed by atoms with van der Waals surface area (Å²) >= 11 is 1.40. The van der Waals surface area contributed by atoms with E-state index in [2.05, 4.69) is 5.32 Å². The Morgan fingerprint density at radius 3 is 2.50 bits per heavy atom. The van der Waals surface area contributed by atoms with Crippen molar-refractivity contribution in [2.24, 2.45) is 0 Å². The molecule has 1 amide bonds. The van der Waals surface area contributed by atoms with Gasteiger partial charge in [0.15, 0.2) is 0 Å². The Kier molecular flexibility index (Phi) is 7.66. The quantitative estimate of drug-likeness (QED) is 0.561. The second kappa shape index (κ2) is 8.18. The van der Waals surface area contributed by atoms with Crippen LogP contribution in [-0.2, 0) is 9.59 Å². The van der Waals surface area contributed by atoms with Gasteiger partial charge in [0.2, 0.25) is 5.91 Å². The molecule has 0 aromatic carbocycles. The first-order chi connectivity index (χ1) is 7.47. The summed E-state index contributed by atoms with van der Waals surface area (Å²) in [6.45, 7) is 3.13. The van der Waals surface area contributed by atoms with E-state index in [9.17, 15) is 9.59 Å². The van der Waals surface area contributed by atoms with Crippen molar-refractivity contribution in [3.8, 4) is 0 Å². The first-order valence-corrected chi connectivity index (χ1v) is 5.97. The van der Waals surface area contributed by atoms with Gasteiger partial charge < -0.3 is 15.5 Å². The molecule has 0 aromatic rings. The van der Waals surface area contributed by atoms with Crippen LogP contribution in [0.3, 0.4) is 0 Å². The molecule has 0 radical (unpaired) electrons. The van der Waals surface area contributed by atoms with Crippen molar-refractivity contribution in [3.05, 3.63) is 11.6 Å². The van der Waals surface area contributed by atoms with Gasteiger partial charge in [-0.3, -0.25) is 4.79 Å². The lowest BCUT2D eigenvalue weighted by Crippen LogP contribution is -2.41. The zero-order valence-corrected chi connectivity index (χ0v) is 10.2. The van der Waals surface area contributed by atoms with Crippen molar-refractivity contribution in [2.45, 2.75) is 19.9 Å². The van der Waals surface area contributed by atoms with Crippen LogP contribution in [0.2, 0.25) is 0 Å². The molecule has 0 aliphatic carbocycles. The summed E-state index contributed by atoms with van der Waals surface area (Å²) in [5.74, 6) is -0.433. The molecule has 16 heavy (non-hydrogen) atoms. The molecule has 0 fully saturated rings. The van der Waals surface area contributed by atoms with E-state index < -0.39 is 12.0 Å². The zero-order chi connectivity index (χ0) is 12.6. The number of rotatable bonds is 7. The molecule has 6 heteroatoms. The minimum Gasteiger partial charge on any atom is -0.480 e. The van der Waals surface area contributed by atoms with E-state index >= 15 is 0 Å². The van der Waals surface area contributed by atoms with E-state index in [0.717, 1.165) is 5.57 Å². The Morgan fingerprint density at radius 2 is 2.06 bits per heavy atom. The molecule has 0 rings (SSSR count). The maximum absolute atomic E-state index is 10.8. The molecule has 0 aliphatic rings. The topological polar surface area (TPSA) is 86.6 Å². The van der Waals surface area contributed by atoms with E-state index in [0.29, 0.717) is 11.5 Å². The standard InChI is InChI=1S/C10H17NO4S/c1-7(3-4-12)5-16-6-9(10(14)15)11-8(2)13/h3,9,12H,4-6H2,1-2H3,(H,11,13)(H,14,15)/t9-/m0/s1. The molecular weight excluding hydrogens is 230 g/mol. The predicted molar refractivity (Wildman–Crippen MR) is 63.4 cm³/mol. The molecule has 3 N–H and O–H groups in total. The smallest absolute Gasteiger partial charge is 0.327 e. The summed E-state index contributed by atoms with van der Waals surface area (Å²) in [6.07, 6.45) is 1.67. The van der Waals surface area contributed by atoms with E-state index in [1.54, 1.807) is 6.08 Å². The molecule has 0 saturated heterocycles. The monoisotopic (exact) mass is 247 g/mol. The average molecular weight is 247 g/mol. The number of thioether (sulfide) groups is 1. The van der Waals surface area contributed by atoms with E-state index in [1.807, 2.05) is 6.92 Å². The normalized spacial score (nSPS) is 13.3. The van der Waals surface area contributed by atoms with Crippen LogP contribution in [-0.4, -0.2) is 46.2 Å². The van der Waals surface area contributed by atoms with Crippen molar-refractivity contribution >= 4 is 23.6 Å². The van der Waals surface area contributed by atoms with Crippen molar-refractivity contribution in [2.75, 3.05) is 18.1 Å². The molecule has 0 spiro atoms. The van der Waals surface area contributed by atoms with E-state index in [-0.39, 0.29) is 12.5 Å². The van der Waals surface area contributed by atoms with Crippen LogP contribution in [0.4, 0.5) is 0 Å². The number of aliphatic hydroxyl groups excluding tert-OH is 1. The summed E-state index contributed by atoms with van der Waals surface area (Å²) in [7, 11) is 0.